The van der Waals surface area contributed by atoms with Crippen LogP contribution in [0.15, 0.2) is 66.7 Å². The molecule has 0 amide bonds. The molecule has 2 aromatic rings. The van der Waals surface area contributed by atoms with Crippen LogP contribution in [0.25, 0.3) is 11.1 Å². The van der Waals surface area contributed by atoms with E-state index in [9.17, 15) is 9.59 Å². The molecule has 0 radical (unpaired) electrons. The number of ether oxygens (including phenoxy) is 2. The number of aliphatic carboxylic acids is 1. The predicted octanol–water partition coefficient (Wildman–Crippen LogP) is 4.73. The number of allylic oxidation sites excluding steroid dienone is 2. The van der Waals surface area contributed by atoms with Crippen molar-refractivity contribution in [2.24, 2.45) is 5.92 Å². The van der Waals surface area contributed by atoms with E-state index in [4.69, 9.17) is 14.6 Å². The Morgan fingerprint density at radius 2 is 1.69 bits per heavy atom. The third-order valence-corrected chi connectivity index (χ3v) is 6.94. The van der Waals surface area contributed by atoms with Gasteiger partial charge in [-0.1, -0.05) is 66.7 Å². The maximum atomic E-state index is 13.1. The number of ketones is 1. The largest absolute Gasteiger partial charge is 0.481 e. The van der Waals surface area contributed by atoms with Gasteiger partial charge in [0.1, 0.15) is 0 Å². The third-order valence-electron chi connectivity index (χ3n) is 6.94. The first-order valence-electron chi connectivity index (χ1n) is 12.6. The van der Waals surface area contributed by atoms with E-state index in [0.717, 1.165) is 31.5 Å². The Morgan fingerprint density at radius 3 is 2.40 bits per heavy atom. The molecule has 3 atom stereocenters. The molecule has 0 aromatic heterocycles. The molecule has 0 spiro atoms. The lowest BCUT2D eigenvalue weighted by Crippen LogP contribution is -2.49. The number of morpholine rings is 1. The monoisotopic (exact) mass is 477 g/mol. The van der Waals surface area contributed by atoms with Gasteiger partial charge in [0.2, 0.25) is 0 Å². The van der Waals surface area contributed by atoms with E-state index in [1.54, 1.807) is 0 Å². The summed E-state index contributed by atoms with van der Waals surface area (Å²) < 4.78 is 11.9. The zero-order valence-corrected chi connectivity index (χ0v) is 20.2. The van der Waals surface area contributed by atoms with Gasteiger partial charge in [-0.25, -0.2) is 0 Å². The molecule has 1 unspecified atom stereocenters. The zero-order chi connectivity index (χ0) is 24.5. The lowest BCUT2D eigenvalue weighted by atomic mass is 9.93. The van der Waals surface area contributed by atoms with Crippen molar-refractivity contribution >= 4 is 11.8 Å². The molecule has 6 heteroatoms. The Balaban J connectivity index is 1.38. The first-order chi connectivity index (χ1) is 17.1. The molecule has 4 rings (SSSR count). The second-order valence-electron chi connectivity index (χ2n) is 9.32. The second-order valence-corrected chi connectivity index (χ2v) is 9.32. The number of benzene rings is 2. The molecule has 6 nitrogen and oxygen atoms in total. The van der Waals surface area contributed by atoms with Crippen molar-refractivity contribution in [1.82, 2.24) is 4.90 Å². The summed E-state index contributed by atoms with van der Waals surface area (Å²) in [6.07, 6.45) is 6.63. The van der Waals surface area contributed by atoms with Crippen molar-refractivity contribution in [2.75, 3.05) is 26.3 Å². The van der Waals surface area contributed by atoms with Crippen molar-refractivity contribution in [3.63, 3.8) is 0 Å². The number of hydrogen-bond donors (Lipinski definition) is 1. The minimum Gasteiger partial charge on any atom is -0.481 e. The van der Waals surface area contributed by atoms with Crippen LogP contribution in [0.2, 0.25) is 0 Å². The van der Waals surface area contributed by atoms with E-state index in [-0.39, 0.29) is 30.3 Å². The molecule has 35 heavy (non-hydrogen) atoms. The number of rotatable bonds is 11. The smallest absolute Gasteiger partial charge is 0.303 e. The van der Waals surface area contributed by atoms with E-state index in [2.05, 4.69) is 41.3 Å². The van der Waals surface area contributed by atoms with Gasteiger partial charge < -0.3 is 14.6 Å². The van der Waals surface area contributed by atoms with Gasteiger partial charge in [-0.15, -0.1) is 0 Å². The number of carbonyl (C=O) groups is 2. The molecular weight excluding hydrogens is 442 g/mol. The average molecular weight is 478 g/mol. The van der Waals surface area contributed by atoms with Crippen LogP contribution in [0.4, 0.5) is 0 Å². The predicted molar refractivity (Wildman–Crippen MR) is 135 cm³/mol. The van der Waals surface area contributed by atoms with Gasteiger partial charge in [0, 0.05) is 31.8 Å². The van der Waals surface area contributed by atoms with Gasteiger partial charge in [0.15, 0.2) is 5.78 Å². The highest BCUT2D eigenvalue weighted by Gasteiger charge is 2.45. The highest BCUT2D eigenvalue weighted by atomic mass is 16.5. The van der Waals surface area contributed by atoms with Gasteiger partial charge >= 0.3 is 5.97 Å². The molecule has 1 saturated heterocycles. The van der Waals surface area contributed by atoms with Crippen molar-refractivity contribution in [3.05, 3.63) is 72.3 Å². The average Bonchev–Trinajstić information content (AvgIpc) is 3.20. The number of carboxylic acid groups (broad SMARTS) is 1. The van der Waals surface area contributed by atoms with Gasteiger partial charge in [-0.3, -0.25) is 14.5 Å². The molecule has 0 bridgehead atoms. The van der Waals surface area contributed by atoms with Gasteiger partial charge in [-0.05, 0) is 36.0 Å². The number of carbonyl (C=O) groups excluding carboxylic acids is 1. The van der Waals surface area contributed by atoms with Crippen LogP contribution in [0.1, 0.15) is 37.7 Å². The summed E-state index contributed by atoms with van der Waals surface area (Å²) in [6.45, 7) is 3.34. The normalized spacial score (nSPS) is 23.2. The molecule has 1 N–H and O–H groups in total. The maximum absolute atomic E-state index is 13.1. The van der Waals surface area contributed by atoms with Crippen LogP contribution >= 0.6 is 0 Å². The Kier molecular flexibility index (Phi) is 9.23. The first-order valence-corrected chi connectivity index (χ1v) is 12.6. The molecular formula is C29H35NO5. The Hall–Kier alpha value is -2.80. The van der Waals surface area contributed by atoms with Gasteiger partial charge in [0.25, 0.3) is 0 Å². The molecule has 1 aliphatic heterocycles. The van der Waals surface area contributed by atoms with Gasteiger partial charge in [0.05, 0.1) is 32.0 Å². The summed E-state index contributed by atoms with van der Waals surface area (Å²) in [5.41, 5.74) is 3.45. The fourth-order valence-electron chi connectivity index (χ4n) is 5.13. The van der Waals surface area contributed by atoms with Crippen molar-refractivity contribution in [3.8, 4) is 11.1 Å². The van der Waals surface area contributed by atoms with Crippen LogP contribution in [0.3, 0.4) is 0 Å². The maximum Gasteiger partial charge on any atom is 0.303 e. The Morgan fingerprint density at radius 1 is 1.00 bits per heavy atom. The van der Waals surface area contributed by atoms with Crippen LogP contribution in [-0.2, 0) is 25.7 Å². The van der Waals surface area contributed by atoms with Crippen LogP contribution in [0.5, 0.6) is 0 Å². The van der Waals surface area contributed by atoms with Crippen molar-refractivity contribution in [1.29, 1.82) is 0 Å². The summed E-state index contributed by atoms with van der Waals surface area (Å²) in [5.74, 6) is -0.404. The lowest BCUT2D eigenvalue weighted by Gasteiger charge is -2.35. The van der Waals surface area contributed by atoms with Crippen LogP contribution in [0, 0.1) is 5.92 Å². The fraction of sp³-hybridized carbons (Fsp3) is 0.448. The topological polar surface area (TPSA) is 76.1 Å². The standard InChI is InChI=1S/C29H35NO5/c31-26-20-27(35-21-22-12-14-24(15-13-22)23-8-4-3-5-9-23)25(10-6-1-2-7-11-28(32)33)29(26)30-16-18-34-19-17-30/h1-5,8-9,12-15,25,27,29H,6-7,10-11,16-21H2,(H,32,33)/t25-,27-,29?/m0/s1. The highest BCUT2D eigenvalue weighted by Crippen LogP contribution is 2.35. The third kappa shape index (κ3) is 7.10. The SMILES string of the molecule is O=C(O)CCC=CCC[C@@H]1C(N2CCOCC2)C(=O)C[C@@H]1OCc1ccc(-c2ccccc2)cc1. The highest BCUT2D eigenvalue weighted by molar-refractivity contribution is 5.87. The minimum atomic E-state index is -0.784. The van der Waals surface area contributed by atoms with Crippen LogP contribution < -0.4 is 0 Å². The molecule has 1 heterocycles. The van der Waals surface area contributed by atoms with Crippen LogP contribution in [-0.4, -0.2) is 60.2 Å². The fourth-order valence-corrected chi connectivity index (χ4v) is 5.13. The summed E-state index contributed by atoms with van der Waals surface area (Å²) in [6, 6.07) is 18.6. The first kappa shape index (κ1) is 25.3. The Labute approximate surface area is 207 Å². The lowest BCUT2D eigenvalue weighted by molar-refractivity contribution is -0.136. The second kappa shape index (κ2) is 12.8. The van der Waals surface area contributed by atoms with E-state index < -0.39 is 5.97 Å². The molecule has 186 valence electrons. The van der Waals surface area contributed by atoms with E-state index in [0.29, 0.717) is 32.7 Å². The molecule has 2 aliphatic rings. The number of hydrogen-bond acceptors (Lipinski definition) is 5. The van der Waals surface area contributed by atoms with E-state index >= 15 is 0 Å². The number of Topliss-reactive ketones (excluding diaryl/α,β-unsaturated/α-hetero) is 1. The van der Waals surface area contributed by atoms with Gasteiger partial charge in [-0.2, -0.15) is 0 Å². The molecule has 2 aromatic carbocycles. The number of carboxylic acids is 1. The summed E-state index contributed by atoms with van der Waals surface area (Å²) in [5, 5.41) is 8.81. The zero-order valence-electron chi connectivity index (χ0n) is 20.2. The summed E-state index contributed by atoms with van der Waals surface area (Å²) >= 11 is 0. The van der Waals surface area contributed by atoms with Crippen molar-refractivity contribution in [2.45, 2.75) is 50.9 Å². The van der Waals surface area contributed by atoms with Crippen molar-refractivity contribution < 1.29 is 24.2 Å². The van der Waals surface area contributed by atoms with E-state index in [1.165, 1.54) is 11.1 Å². The summed E-state index contributed by atoms with van der Waals surface area (Å²) in [4.78, 5) is 26.1. The van der Waals surface area contributed by atoms with E-state index in [1.807, 2.05) is 30.4 Å². The molecule has 2 fully saturated rings. The molecule has 1 saturated carbocycles. The molecule has 1 aliphatic carbocycles. The quantitative estimate of drug-likeness (QED) is 0.472. The number of nitrogens with zero attached hydrogens (tertiary/aromatic N) is 1. The minimum absolute atomic E-state index is 0.114. The summed E-state index contributed by atoms with van der Waals surface area (Å²) in [7, 11) is 0. The Bertz CT molecular complexity index is 982.